The number of nitrogens with zero attached hydrogens (tertiary/aromatic N) is 2. The molecule has 2 aliphatic rings. The van der Waals surface area contributed by atoms with Gasteiger partial charge in [-0.05, 0) is 36.1 Å². The summed E-state index contributed by atoms with van der Waals surface area (Å²) in [4.78, 5) is 4.71. The van der Waals surface area contributed by atoms with Crippen molar-refractivity contribution in [2.24, 2.45) is 0 Å². The maximum atomic E-state index is 9.79. The van der Waals surface area contributed by atoms with Crippen LogP contribution in [-0.2, 0) is 0 Å². The molecule has 2 heterocycles. The second-order valence-electron chi connectivity index (χ2n) is 10.5. The van der Waals surface area contributed by atoms with Crippen LogP contribution in [0, 0.1) is 0 Å². The van der Waals surface area contributed by atoms with E-state index in [0.717, 1.165) is 13.1 Å². The van der Waals surface area contributed by atoms with Crippen molar-refractivity contribution in [3.8, 4) is 0 Å². The lowest BCUT2D eigenvalue weighted by Gasteiger charge is -2.48. The number of β-amino-alcohol motifs (C(OH)–C–C–N with tert-alkyl or cyclic N) is 2. The number of aliphatic hydroxyl groups is 2. The van der Waals surface area contributed by atoms with E-state index in [4.69, 9.17) is 0 Å². The summed E-state index contributed by atoms with van der Waals surface area (Å²) in [6.07, 6.45) is -0.398. The number of rotatable bonds is 6. The fraction of sp³-hybridized carbons (Fsp3) is 0.294. The van der Waals surface area contributed by atoms with Gasteiger partial charge in [-0.25, -0.2) is 0 Å². The smallest absolute Gasteiger partial charge is 0.0820 e. The number of hydrogen-bond donors (Lipinski definition) is 2. The first-order valence-corrected chi connectivity index (χ1v) is 13.6. The summed E-state index contributed by atoms with van der Waals surface area (Å²) in [5.74, 6) is 0. The van der Waals surface area contributed by atoms with Gasteiger partial charge in [0.25, 0.3) is 0 Å². The molecule has 0 amide bonds. The van der Waals surface area contributed by atoms with Gasteiger partial charge in [0.15, 0.2) is 0 Å². The molecule has 0 aromatic heterocycles. The lowest BCUT2D eigenvalue weighted by molar-refractivity contribution is -0.0693. The van der Waals surface area contributed by atoms with Gasteiger partial charge in [0.05, 0.1) is 24.3 Å². The van der Waals surface area contributed by atoms with E-state index in [1.165, 1.54) is 22.3 Å². The van der Waals surface area contributed by atoms with Gasteiger partial charge in [0.2, 0.25) is 0 Å². The van der Waals surface area contributed by atoms with Crippen LogP contribution in [0.3, 0.4) is 0 Å². The molecule has 0 aliphatic carbocycles. The lowest BCUT2D eigenvalue weighted by atomic mass is 9.90. The van der Waals surface area contributed by atoms with Crippen molar-refractivity contribution < 1.29 is 10.2 Å². The second-order valence-corrected chi connectivity index (χ2v) is 10.5. The molecule has 0 saturated carbocycles. The Kier molecular flexibility index (Phi) is 8.35. The summed E-state index contributed by atoms with van der Waals surface area (Å²) >= 11 is 0. The van der Waals surface area contributed by atoms with Crippen LogP contribution in [0.1, 0.15) is 48.2 Å². The van der Waals surface area contributed by atoms with Crippen LogP contribution in [0.2, 0.25) is 0 Å². The Morgan fingerprint density at radius 1 is 0.474 bits per heavy atom. The summed E-state index contributed by atoms with van der Waals surface area (Å²) in [5, 5.41) is 19.6. The number of aliphatic hydroxyl groups excluding tert-OH is 2. The van der Waals surface area contributed by atoms with Crippen molar-refractivity contribution in [3.63, 3.8) is 0 Å². The second kappa shape index (κ2) is 12.1. The van der Waals surface area contributed by atoms with E-state index < -0.39 is 0 Å². The molecular weight excluding hydrogens is 468 g/mol. The summed E-state index contributed by atoms with van der Waals surface area (Å²) in [6.45, 7) is 5.67. The van der Waals surface area contributed by atoms with Crippen LogP contribution in [0.4, 0.5) is 0 Å². The minimum Gasteiger partial charge on any atom is -0.390 e. The average molecular weight is 507 g/mol. The Morgan fingerprint density at radius 2 is 0.711 bits per heavy atom. The molecular formula is C34H38N2O2. The van der Waals surface area contributed by atoms with Crippen molar-refractivity contribution in [2.75, 3.05) is 13.1 Å². The number of hydrogen-bond acceptors (Lipinski definition) is 4. The van der Waals surface area contributed by atoms with Gasteiger partial charge in [-0.15, -0.1) is 0 Å². The number of benzene rings is 4. The molecule has 2 saturated heterocycles. The first-order valence-electron chi connectivity index (χ1n) is 13.6. The maximum Gasteiger partial charge on any atom is 0.0820 e. The highest BCUT2D eigenvalue weighted by atomic mass is 16.3. The van der Waals surface area contributed by atoms with E-state index in [9.17, 15) is 10.2 Å². The molecule has 2 N–H and O–H groups in total. The molecule has 38 heavy (non-hydrogen) atoms. The predicted molar refractivity (Wildman–Crippen MR) is 154 cm³/mol. The lowest BCUT2D eigenvalue weighted by Crippen LogP contribution is -2.59. The van der Waals surface area contributed by atoms with Gasteiger partial charge in [-0.1, -0.05) is 121 Å². The molecule has 2 aliphatic heterocycles. The minimum absolute atomic E-state index is 0.199. The third-order valence-electron chi connectivity index (χ3n) is 8.08. The largest absolute Gasteiger partial charge is 0.390 e. The van der Waals surface area contributed by atoms with E-state index >= 15 is 0 Å². The number of likely N-dealkylation sites (tertiary alicyclic amines) is 2. The SMILES string of the molecule is C[C@@H]1[C@H](O)CN1C(c1ccccc1)c1ccccc1.C[C@H]1[C@@H](O)CN1C(c1ccccc1)c1ccccc1. The van der Waals surface area contributed by atoms with Crippen LogP contribution in [0.25, 0.3) is 0 Å². The highest BCUT2D eigenvalue weighted by Crippen LogP contribution is 2.36. The average Bonchev–Trinajstić information content (AvgIpc) is 2.99. The van der Waals surface area contributed by atoms with Crippen molar-refractivity contribution in [1.29, 1.82) is 0 Å². The summed E-state index contributed by atoms with van der Waals surface area (Å²) < 4.78 is 0. The summed E-state index contributed by atoms with van der Waals surface area (Å²) in [7, 11) is 0. The molecule has 4 aromatic carbocycles. The van der Waals surface area contributed by atoms with Crippen molar-refractivity contribution in [1.82, 2.24) is 9.80 Å². The third kappa shape index (κ3) is 5.59. The van der Waals surface area contributed by atoms with Crippen LogP contribution in [0.15, 0.2) is 121 Å². The van der Waals surface area contributed by atoms with Gasteiger partial charge >= 0.3 is 0 Å². The summed E-state index contributed by atoms with van der Waals surface area (Å²) in [6, 6.07) is 43.0. The van der Waals surface area contributed by atoms with Crippen molar-refractivity contribution in [3.05, 3.63) is 144 Å². The van der Waals surface area contributed by atoms with Crippen molar-refractivity contribution in [2.45, 2.75) is 50.2 Å². The van der Waals surface area contributed by atoms with Gasteiger partial charge in [0.1, 0.15) is 0 Å². The topological polar surface area (TPSA) is 46.9 Å². The standard InChI is InChI=1S/2C17H19NO/c2*1-13-16(19)12-18(13)17(14-8-4-2-5-9-14)15-10-6-3-7-11-15/h2*2-11,13,16-17,19H,12H2,1H3/t2*13-,16-/m10/s1. The molecule has 4 heteroatoms. The van der Waals surface area contributed by atoms with Gasteiger partial charge in [-0.3, -0.25) is 9.80 Å². The fourth-order valence-electron chi connectivity index (χ4n) is 5.61. The zero-order valence-electron chi connectivity index (χ0n) is 22.2. The normalized spacial score (nSPS) is 23.3. The Labute approximate surface area is 226 Å². The molecule has 0 unspecified atom stereocenters. The Hall–Kier alpha value is -3.28. The third-order valence-corrected chi connectivity index (χ3v) is 8.08. The van der Waals surface area contributed by atoms with Gasteiger partial charge in [0, 0.05) is 25.2 Å². The van der Waals surface area contributed by atoms with E-state index in [1.54, 1.807) is 0 Å². The molecule has 0 spiro atoms. The van der Waals surface area contributed by atoms with E-state index in [2.05, 4.69) is 121 Å². The van der Waals surface area contributed by atoms with Crippen molar-refractivity contribution >= 4 is 0 Å². The quantitative estimate of drug-likeness (QED) is 0.353. The fourth-order valence-corrected chi connectivity index (χ4v) is 5.61. The first-order chi connectivity index (χ1) is 18.5. The van der Waals surface area contributed by atoms with Gasteiger partial charge < -0.3 is 10.2 Å². The molecule has 2 fully saturated rings. The summed E-state index contributed by atoms with van der Waals surface area (Å²) in [5.41, 5.74) is 5.14. The van der Waals surface area contributed by atoms with Crippen LogP contribution in [0.5, 0.6) is 0 Å². The zero-order valence-corrected chi connectivity index (χ0v) is 22.2. The highest BCUT2D eigenvalue weighted by molar-refractivity contribution is 5.34. The monoisotopic (exact) mass is 506 g/mol. The molecule has 196 valence electrons. The highest BCUT2D eigenvalue weighted by Gasteiger charge is 2.40. The Bertz CT molecular complexity index is 1070. The minimum atomic E-state index is -0.199. The zero-order chi connectivity index (χ0) is 26.5. The van der Waals surface area contributed by atoms with Crippen LogP contribution >= 0.6 is 0 Å². The first kappa shape index (κ1) is 26.3. The van der Waals surface area contributed by atoms with Crippen LogP contribution < -0.4 is 0 Å². The van der Waals surface area contributed by atoms with E-state index in [-0.39, 0.29) is 36.4 Å². The molecule has 4 atom stereocenters. The Morgan fingerprint density at radius 3 is 0.895 bits per heavy atom. The molecule has 6 rings (SSSR count). The van der Waals surface area contributed by atoms with E-state index in [0.29, 0.717) is 0 Å². The molecule has 4 aromatic rings. The molecule has 0 radical (unpaired) electrons. The maximum absolute atomic E-state index is 9.79. The van der Waals surface area contributed by atoms with Gasteiger partial charge in [-0.2, -0.15) is 0 Å². The Balaban J connectivity index is 0.000000155. The van der Waals surface area contributed by atoms with Crippen LogP contribution in [-0.4, -0.2) is 57.4 Å². The predicted octanol–water partition coefficient (Wildman–Crippen LogP) is 5.68. The molecule has 0 bridgehead atoms. The molecule has 4 nitrogen and oxygen atoms in total. The van der Waals surface area contributed by atoms with E-state index in [1.807, 2.05) is 24.3 Å².